The van der Waals surface area contributed by atoms with Gasteiger partial charge in [0.15, 0.2) is 0 Å². The summed E-state index contributed by atoms with van der Waals surface area (Å²) in [5, 5.41) is 0. The highest BCUT2D eigenvalue weighted by atomic mass is 16.2. The van der Waals surface area contributed by atoms with Gasteiger partial charge in [0.1, 0.15) is 0 Å². The van der Waals surface area contributed by atoms with E-state index in [4.69, 9.17) is 5.73 Å². The van der Waals surface area contributed by atoms with Gasteiger partial charge in [-0.25, -0.2) is 0 Å². The zero-order valence-electron chi connectivity index (χ0n) is 11.5. The van der Waals surface area contributed by atoms with Crippen molar-refractivity contribution in [1.29, 1.82) is 0 Å². The van der Waals surface area contributed by atoms with Gasteiger partial charge in [-0.1, -0.05) is 45.4 Å². The first-order chi connectivity index (χ1) is 8.05. The third-order valence-corrected chi connectivity index (χ3v) is 3.45. The first-order valence-corrected chi connectivity index (χ1v) is 7.12. The van der Waals surface area contributed by atoms with Crippen LogP contribution in [0.1, 0.15) is 65.2 Å². The van der Waals surface area contributed by atoms with E-state index in [1.165, 1.54) is 38.5 Å². The third-order valence-electron chi connectivity index (χ3n) is 3.45. The highest BCUT2D eigenvalue weighted by Crippen LogP contribution is 2.19. The Labute approximate surface area is 106 Å². The number of carbonyl (C=O) groups is 1. The Kier molecular flexibility index (Phi) is 5.96. The summed E-state index contributed by atoms with van der Waals surface area (Å²) < 4.78 is 0. The van der Waals surface area contributed by atoms with Crippen LogP contribution in [0.25, 0.3) is 0 Å². The molecule has 0 saturated carbocycles. The van der Waals surface area contributed by atoms with Crippen LogP contribution in [0.4, 0.5) is 0 Å². The maximum Gasteiger partial charge on any atom is 0.222 e. The average Bonchev–Trinajstić information content (AvgIpc) is 2.24. The molecule has 0 spiro atoms. The molecule has 0 atom stereocenters. The Morgan fingerprint density at radius 2 is 1.65 bits per heavy atom. The van der Waals surface area contributed by atoms with E-state index in [-0.39, 0.29) is 5.54 Å². The van der Waals surface area contributed by atoms with Gasteiger partial charge in [0.2, 0.25) is 5.91 Å². The van der Waals surface area contributed by atoms with E-state index in [2.05, 4.69) is 6.92 Å². The monoisotopic (exact) mass is 240 g/mol. The Hall–Kier alpha value is -0.570. The Morgan fingerprint density at radius 3 is 2.18 bits per heavy atom. The molecule has 1 amide bonds. The van der Waals surface area contributed by atoms with Crippen molar-refractivity contribution in [2.45, 2.75) is 70.8 Å². The van der Waals surface area contributed by atoms with Crippen LogP contribution < -0.4 is 5.73 Å². The van der Waals surface area contributed by atoms with Gasteiger partial charge in [-0.2, -0.15) is 0 Å². The molecule has 1 aliphatic rings. The van der Waals surface area contributed by atoms with Crippen LogP contribution in [0.3, 0.4) is 0 Å². The fourth-order valence-electron chi connectivity index (χ4n) is 2.39. The summed E-state index contributed by atoms with van der Waals surface area (Å²) in [7, 11) is 0. The number of nitrogens with zero attached hydrogens (tertiary/aromatic N) is 1. The van der Waals surface area contributed by atoms with Crippen LogP contribution in [-0.2, 0) is 4.79 Å². The lowest BCUT2D eigenvalue weighted by molar-refractivity contribution is -0.138. The summed E-state index contributed by atoms with van der Waals surface area (Å²) in [5.74, 6) is 0.293. The lowest BCUT2D eigenvalue weighted by atomic mass is 9.93. The molecule has 1 aliphatic heterocycles. The molecule has 2 N–H and O–H groups in total. The maximum absolute atomic E-state index is 11.7. The lowest BCUT2D eigenvalue weighted by Gasteiger charge is -2.45. The zero-order chi connectivity index (χ0) is 12.7. The second kappa shape index (κ2) is 7.00. The molecule has 1 saturated heterocycles. The van der Waals surface area contributed by atoms with E-state index in [0.717, 1.165) is 19.5 Å². The molecular formula is C14H28N2O. The highest BCUT2D eigenvalue weighted by Gasteiger charge is 2.37. The summed E-state index contributed by atoms with van der Waals surface area (Å²) >= 11 is 0. The summed E-state index contributed by atoms with van der Waals surface area (Å²) in [6, 6.07) is 0. The van der Waals surface area contributed by atoms with Gasteiger partial charge in [-0.05, 0) is 13.3 Å². The Morgan fingerprint density at radius 1 is 1.12 bits per heavy atom. The molecule has 0 aromatic heterocycles. The van der Waals surface area contributed by atoms with Gasteiger partial charge in [0.05, 0.1) is 0 Å². The standard InChI is InChI=1S/C14H28N2O/c1-3-4-5-6-7-8-9-10-13(17)16-11-14(2,15)12-16/h3-12,15H2,1-2H3. The molecule has 0 aromatic rings. The van der Waals surface area contributed by atoms with Crippen molar-refractivity contribution in [3.05, 3.63) is 0 Å². The molecule has 3 heteroatoms. The number of nitrogens with two attached hydrogens (primary N) is 1. The van der Waals surface area contributed by atoms with Crippen LogP contribution in [0.5, 0.6) is 0 Å². The topological polar surface area (TPSA) is 46.3 Å². The van der Waals surface area contributed by atoms with E-state index in [0.29, 0.717) is 12.3 Å². The molecule has 17 heavy (non-hydrogen) atoms. The Bertz CT molecular complexity index is 230. The number of carbonyl (C=O) groups excluding carboxylic acids is 1. The number of amides is 1. The molecule has 0 bridgehead atoms. The van der Waals surface area contributed by atoms with Crippen molar-refractivity contribution in [3.63, 3.8) is 0 Å². The van der Waals surface area contributed by atoms with E-state index in [9.17, 15) is 4.79 Å². The average molecular weight is 240 g/mol. The molecule has 0 radical (unpaired) electrons. The normalized spacial score (nSPS) is 17.9. The minimum atomic E-state index is -0.129. The number of rotatable bonds is 8. The van der Waals surface area contributed by atoms with Crippen LogP contribution in [0.15, 0.2) is 0 Å². The third kappa shape index (κ3) is 5.53. The molecule has 0 unspecified atom stereocenters. The zero-order valence-corrected chi connectivity index (χ0v) is 11.5. The van der Waals surface area contributed by atoms with Gasteiger partial charge in [0, 0.05) is 25.0 Å². The summed E-state index contributed by atoms with van der Waals surface area (Å²) in [6.45, 7) is 5.71. The minimum Gasteiger partial charge on any atom is -0.339 e. The van der Waals surface area contributed by atoms with Crippen LogP contribution in [0.2, 0.25) is 0 Å². The molecule has 3 nitrogen and oxygen atoms in total. The summed E-state index contributed by atoms with van der Waals surface area (Å²) in [5.41, 5.74) is 5.75. The van der Waals surface area contributed by atoms with E-state index >= 15 is 0 Å². The fraction of sp³-hybridized carbons (Fsp3) is 0.929. The van der Waals surface area contributed by atoms with Gasteiger partial charge in [0.25, 0.3) is 0 Å². The molecule has 1 heterocycles. The van der Waals surface area contributed by atoms with E-state index < -0.39 is 0 Å². The lowest BCUT2D eigenvalue weighted by Crippen LogP contribution is -2.66. The number of unbranched alkanes of at least 4 members (excludes halogenated alkanes) is 6. The summed E-state index contributed by atoms with van der Waals surface area (Å²) in [4.78, 5) is 13.6. The van der Waals surface area contributed by atoms with Crippen LogP contribution >= 0.6 is 0 Å². The van der Waals surface area contributed by atoms with E-state index in [1.807, 2.05) is 11.8 Å². The highest BCUT2D eigenvalue weighted by molar-refractivity contribution is 5.77. The molecule has 100 valence electrons. The first kappa shape index (κ1) is 14.5. The van der Waals surface area contributed by atoms with Gasteiger partial charge in [-0.3, -0.25) is 4.79 Å². The Balaban J connectivity index is 1.91. The molecule has 1 fully saturated rings. The van der Waals surface area contributed by atoms with Crippen molar-refractivity contribution in [2.75, 3.05) is 13.1 Å². The molecule has 1 rings (SSSR count). The van der Waals surface area contributed by atoms with E-state index in [1.54, 1.807) is 0 Å². The second-order valence-electron chi connectivity index (χ2n) is 5.78. The largest absolute Gasteiger partial charge is 0.339 e. The quantitative estimate of drug-likeness (QED) is 0.663. The number of hydrogen-bond donors (Lipinski definition) is 1. The first-order valence-electron chi connectivity index (χ1n) is 7.12. The SMILES string of the molecule is CCCCCCCCCC(=O)N1CC(C)(N)C1. The van der Waals surface area contributed by atoms with Crippen LogP contribution in [0, 0.1) is 0 Å². The van der Waals surface area contributed by atoms with Crippen molar-refractivity contribution < 1.29 is 4.79 Å². The number of likely N-dealkylation sites (tertiary alicyclic amines) is 1. The maximum atomic E-state index is 11.7. The molecular weight excluding hydrogens is 212 g/mol. The van der Waals surface area contributed by atoms with Crippen molar-refractivity contribution in [1.82, 2.24) is 4.90 Å². The molecule has 0 aliphatic carbocycles. The fourth-order valence-corrected chi connectivity index (χ4v) is 2.39. The number of hydrogen-bond acceptors (Lipinski definition) is 2. The summed E-state index contributed by atoms with van der Waals surface area (Å²) in [6.07, 6.45) is 9.56. The second-order valence-corrected chi connectivity index (χ2v) is 5.78. The van der Waals surface area contributed by atoms with Gasteiger partial charge < -0.3 is 10.6 Å². The van der Waals surface area contributed by atoms with Gasteiger partial charge >= 0.3 is 0 Å². The van der Waals surface area contributed by atoms with Crippen molar-refractivity contribution >= 4 is 5.91 Å². The smallest absolute Gasteiger partial charge is 0.222 e. The predicted octanol–water partition coefficient (Wildman–Crippen LogP) is 2.69. The predicted molar refractivity (Wildman–Crippen MR) is 71.8 cm³/mol. The van der Waals surface area contributed by atoms with Crippen molar-refractivity contribution in [2.24, 2.45) is 5.73 Å². The van der Waals surface area contributed by atoms with Crippen LogP contribution in [-0.4, -0.2) is 29.4 Å². The van der Waals surface area contributed by atoms with Crippen molar-refractivity contribution in [3.8, 4) is 0 Å². The minimum absolute atomic E-state index is 0.129. The van der Waals surface area contributed by atoms with Gasteiger partial charge in [-0.15, -0.1) is 0 Å². The molecule has 0 aromatic carbocycles.